The van der Waals surface area contributed by atoms with Gasteiger partial charge in [-0.3, -0.25) is 4.57 Å². The highest BCUT2D eigenvalue weighted by atomic mass is 32.2. The first-order valence-electron chi connectivity index (χ1n) is 18.5. The van der Waals surface area contributed by atoms with Gasteiger partial charge in [0, 0.05) is 44.2 Å². The number of H-pyrrole nitrogens is 1. The molecule has 0 amide bonds. The molecule has 0 bridgehead atoms. The molecule has 1 aromatic heterocycles. The number of imidazole rings is 1. The maximum absolute atomic E-state index is 12.9. The SMILES string of the molecule is O=c1[nH]c2ccccc2n1C1CCN(C[C@@H]2C[C@H](c3ccc(CO)cc3)O[C@H](c3ccc(-c4cccc(CNS(=O)(=O)c5ccccc5)c4)cc3)O2)CC1. The van der Waals surface area contributed by atoms with Crippen LogP contribution in [0.5, 0.6) is 0 Å². The molecular formula is C43H44N4O6S. The molecule has 3 atom stereocenters. The number of rotatable bonds is 11. The number of hydrogen-bond donors (Lipinski definition) is 3. The molecule has 3 heterocycles. The Bertz CT molecular complexity index is 2350. The molecule has 3 N–H and O–H groups in total. The average molecular weight is 745 g/mol. The molecule has 10 nitrogen and oxygen atoms in total. The van der Waals surface area contributed by atoms with E-state index in [-0.39, 0.29) is 42.0 Å². The van der Waals surface area contributed by atoms with E-state index < -0.39 is 16.3 Å². The lowest BCUT2D eigenvalue weighted by Crippen LogP contribution is -2.43. The summed E-state index contributed by atoms with van der Waals surface area (Å²) in [5.74, 6) is 0. The number of aromatic amines is 1. The van der Waals surface area contributed by atoms with Crippen LogP contribution in [-0.4, -0.2) is 53.7 Å². The van der Waals surface area contributed by atoms with Gasteiger partial charge in [-0.2, -0.15) is 0 Å². The molecule has 6 aromatic rings. The van der Waals surface area contributed by atoms with Gasteiger partial charge in [0.2, 0.25) is 10.0 Å². The van der Waals surface area contributed by atoms with Crippen LogP contribution in [0.3, 0.4) is 0 Å². The van der Waals surface area contributed by atoms with Crippen molar-refractivity contribution in [1.29, 1.82) is 0 Å². The Morgan fingerprint density at radius 1 is 0.759 bits per heavy atom. The number of aliphatic hydroxyl groups is 1. The molecule has 0 aliphatic carbocycles. The van der Waals surface area contributed by atoms with Gasteiger partial charge in [-0.25, -0.2) is 17.9 Å². The summed E-state index contributed by atoms with van der Waals surface area (Å²) in [7, 11) is -3.62. The van der Waals surface area contributed by atoms with Crippen molar-refractivity contribution in [1.82, 2.24) is 19.2 Å². The third-order valence-electron chi connectivity index (χ3n) is 10.6. The van der Waals surface area contributed by atoms with E-state index in [9.17, 15) is 18.3 Å². The minimum atomic E-state index is -3.62. The molecule has 0 spiro atoms. The molecule has 2 aliphatic heterocycles. The number of aliphatic hydroxyl groups excluding tert-OH is 1. The molecular weight excluding hydrogens is 701 g/mol. The van der Waals surface area contributed by atoms with Crippen molar-refractivity contribution in [2.75, 3.05) is 19.6 Å². The Morgan fingerprint density at radius 3 is 2.24 bits per heavy atom. The lowest BCUT2D eigenvalue weighted by atomic mass is 9.98. The van der Waals surface area contributed by atoms with Gasteiger partial charge < -0.3 is 24.5 Å². The molecule has 0 unspecified atom stereocenters. The molecule has 0 saturated carbocycles. The summed E-state index contributed by atoms with van der Waals surface area (Å²) in [5.41, 5.74) is 7.39. The molecule has 0 radical (unpaired) electrons. The largest absolute Gasteiger partial charge is 0.392 e. The van der Waals surface area contributed by atoms with Gasteiger partial charge in [-0.05, 0) is 71.0 Å². The monoisotopic (exact) mass is 744 g/mol. The van der Waals surface area contributed by atoms with E-state index in [2.05, 4.69) is 14.6 Å². The van der Waals surface area contributed by atoms with E-state index in [1.54, 1.807) is 30.3 Å². The number of piperidine rings is 1. The number of ether oxygens (including phenoxy) is 2. The highest BCUT2D eigenvalue weighted by molar-refractivity contribution is 7.89. The summed E-state index contributed by atoms with van der Waals surface area (Å²) < 4.78 is 43.5. The van der Waals surface area contributed by atoms with Crippen LogP contribution >= 0.6 is 0 Å². The Kier molecular flexibility index (Phi) is 10.6. The van der Waals surface area contributed by atoms with Crippen LogP contribution < -0.4 is 10.4 Å². The predicted molar refractivity (Wildman–Crippen MR) is 208 cm³/mol. The fourth-order valence-corrected chi connectivity index (χ4v) is 8.71. The smallest absolute Gasteiger partial charge is 0.326 e. The molecule has 278 valence electrons. The Morgan fingerprint density at radius 2 is 1.48 bits per heavy atom. The minimum absolute atomic E-state index is 0.0145. The number of fused-ring (bicyclic) bond motifs is 1. The van der Waals surface area contributed by atoms with Gasteiger partial charge >= 0.3 is 5.69 Å². The first-order chi connectivity index (χ1) is 26.3. The zero-order valence-corrected chi connectivity index (χ0v) is 30.7. The van der Waals surface area contributed by atoms with E-state index in [4.69, 9.17) is 9.47 Å². The van der Waals surface area contributed by atoms with Crippen LogP contribution in [0, 0.1) is 0 Å². The average Bonchev–Trinajstić information content (AvgIpc) is 3.56. The maximum Gasteiger partial charge on any atom is 0.326 e. The van der Waals surface area contributed by atoms with Crippen molar-refractivity contribution in [3.63, 3.8) is 0 Å². The van der Waals surface area contributed by atoms with Crippen molar-refractivity contribution in [2.24, 2.45) is 0 Å². The Hall–Kier alpha value is -4.88. The van der Waals surface area contributed by atoms with Crippen molar-refractivity contribution in [3.8, 4) is 11.1 Å². The van der Waals surface area contributed by atoms with Crippen LogP contribution in [0.2, 0.25) is 0 Å². The van der Waals surface area contributed by atoms with E-state index in [1.807, 2.05) is 102 Å². The summed E-state index contributed by atoms with van der Waals surface area (Å²) in [6, 6.07) is 40.3. The third kappa shape index (κ3) is 7.97. The van der Waals surface area contributed by atoms with Crippen LogP contribution in [0.25, 0.3) is 22.2 Å². The highest BCUT2D eigenvalue weighted by Crippen LogP contribution is 2.39. The van der Waals surface area contributed by atoms with E-state index in [0.29, 0.717) is 6.42 Å². The molecule has 8 rings (SSSR count). The van der Waals surface area contributed by atoms with Crippen LogP contribution in [0.15, 0.2) is 137 Å². The first kappa shape index (κ1) is 36.1. The summed E-state index contributed by atoms with van der Waals surface area (Å²) in [5, 5.41) is 9.62. The fraction of sp³-hybridized carbons (Fsp3) is 0.279. The van der Waals surface area contributed by atoms with E-state index >= 15 is 0 Å². The molecule has 2 saturated heterocycles. The molecule has 5 aromatic carbocycles. The highest BCUT2D eigenvalue weighted by Gasteiger charge is 2.34. The molecule has 2 aliphatic rings. The maximum atomic E-state index is 12.9. The van der Waals surface area contributed by atoms with Gasteiger partial charge in [0.15, 0.2) is 6.29 Å². The quantitative estimate of drug-likeness (QED) is 0.133. The first-order valence-corrected chi connectivity index (χ1v) is 20.0. The fourth-order valence-electron chi connectivity index (χ4n) is 7.67. The van der Waals surface area contributed by atoms with E-state index in [0.717, 1.165) is 76.9 Å². The van der Waals surface area contributed by atoms with Crippen LogP contribution in [0.4, 0.5) is 0 Å². The minimum Gasteiger partial charge on any atom is -0.392 e. The van der Waals surface area contributed by atoms with Crippen molar-refractivity contribution in [3.05, 3.63) is 160 Å². The van der Waals surface area contributed by atoms with Crippen molar-refractivity contribution >= 4 is 21.1 Å². The number of hydrogen-bond acceptors (Lipinski definition) is 7. The second-order valence-corrected chi connectivity index (χ2v) is 15.9. The number of benzene rings is 5. The van der Waals surface area contributed by atoms with Gasteiger partial charge in [0.05, 0.1) is 34.7 Å². The molecule has 2 fully saturated rings. The van der Waals surface area contributed by atoms with Gasteiger partial charge in [-0.1, -0.05) is 97.1 Å². The lowest BCUT2D eigenvalue weighted by molar-refractivity contribution is -0.253. The topological polar surface area (TPSA) is 126 Å². The zero-order valence-electron chi connectivity index (χ0n) is 29.9. The van der Waals surface area contributed by atoms with Crippen LogP contribution in [-0.2, 0) is 32.6 Å². The summed E-state index contributed by atoms with van der Waals surface area (Å²) >= 11 is 0. The van der Waals surface area contributed by atoms with E-state index in [1.165, 1.54) is 0 Å². The third-order valence-corrected chi connectivity index (χ3v) is 12.0. The second kappa shape index (κ2) is 15.8. The normalized spacial score (nSPS) is 20.0. The summed E-state index contributed by atoms with van der Waals surface area (Å²) in [6.07, 6.45) is 1.58. The number of nitrogens with one attached hydrogen (secondary N) is 2. The number of nitrogens with zero attached hydrogens (tertiary/aromatic N) is 2. The Balaban J connectivity index is 0.956. The van der Waals surface area contributed by atoms with Crippen molar-refractivity contribution in [2.45, 2.75) is 61.8 Å². The van der Waals surface area contributed by atoms with Gasteiger partial charge in [0.25, 0.3) is 0 Å². The van der Waals surface area contributed by atoms with Crippen LogP contribution in [0.1, 0.15) is 60.0 Å². The predicted octanol–water partition coefficient (Wildman–Crippen LogP) is 6.85. The molecule has 11 heteroatoms. The lowest BCUT2D eigenvalue weighted by Gasteiger charge is -2.40. The number of likely N-dealkylation sites (tertiary alicyclic amines) is 1. The van der Waals surface area contributed by atoms with Gasteiger partial charge in [-0.15, -0.1) is 0 Å². The zero-order chi connectivity index (χ0) is 37.1. The Labute approximate surface area is 315 Å². The number of aromatic nitrogens is 2. The van der Waals surface area contributed by atoms with Crippen molar-refractivity contribution < 1.29 is 23.0 Å². The summed E-state index contributed by atoms with van der Waals surface area (Å²) in [4.78, 5) is 18.5. The standard InChI is InChI=1S/C43H44N4O6S/c48-29-30-13-15-33(16-14-30)41-26-37(28-46-23-21-36(22-24-46)47-40-12-5-4-11-39(40)45-43(47)49)52-42(53-41)34-19-17-32(18-20-34)35-8-6-7-31(25-35)27-44-54(50,51)38-9-2-1-3-10-38/h1-20,25,36-37,41-42,44,48H,21-24,26-29H2,(H,45,49)/t37-,41+,42+/m0/s1. The molecule has 54 heavy (non-hydrogen) atoms. The second-order valence-electron chi connectivity index (χ2n) is 14.2. The number of para-hydroxylation sites is 2. The summed E-state index contributed by atoms with van der Waals surface area (Å²) in [6.45, 7) is 2.63. The number of sulfonamides is 1. The van der Waals surface area contributed by atoms with Gasteiger partial charge in [0.1, 0.15) is 0 Å².